The Bertz CT molecular complexity index is 551. The highest BCUT2D eigenvalue weighted by Gasteiger charge is 2.42. The molecule has 98 valence electrons. The molecule has 0 radical (unpaired) electrons. The maximum Gasteiger partial charge on any atom is 0.263 e. The first-order valence-corrected chi connectivity index (χ1v) is 7.37. The number of fused-ring (bicyclic) bond motifs is 1. The number of nitrogens with one attached hydrogen (secondary N) is 1. The summed E-state index contributed by atoms with van der Waals surface area (Å²) in [6.07, 6.45) is 2.27. The highest BCUT2D eigenvalue weighted by molar-refractivity contribution is 7.89. The van der Waals surface area contributed by atoms with Crippen LogP contribution in [0, 0.1) is 11.7 Å². The predicted octanol–water partition coefficient (Wildman–Crippen LogP) is 0.203. The number of halogens is 1. The molecule has 1 aromatic rings. The van der Waals surface area contributed by atoms with E-state index in [4.69, 9.17) is 0 Å². The predicted molar refractivity (Wildman–Crippen MR) is 62.9 cm³/mol. The summed E-state index contributed by atoms with van der Waals surface area (Å²) in [4.78, 5) is 3.66. The molecule has 3 heterocycles. The van der Waals surface area contributed by atoms with Crippen molar-refractivity contribution in [3.05, 3.63) is 24.1 Å². The van der Waals surface area contributed by atoms with Crippen LogP contribution in [0.15, 0.2) is 23.4 Å². The number of hydrogen-bond donors (Lipinski definition) is 1. The van der Waals surface area contributed by atoms with Gasteiger partial charge in [-0.3, -0.25) is 0 Å². The molecule has 5 nitrogen and oxygen atoms in total. The third-order valence-corrected chi connectivity index (χ3v) is 5.41. The van der Waals surface area contributed by atoms with Crippen molar-refractivity contribution in [1.29, 1.82) is 0 Å². The van der Waals surface area contributed by atoms with E-state index in [1.807, 2.05) is 0 Å². The van der Waals surface area contributed by atoms with Gasteiger partial charge in [0.15, 0.2) is 5.82 Å². The van der Waals surface area contributed by atoms with Crippen LogP contribution in [0.25, 0.3) is 0 Å². The topological polar surface area (TPSA) is 62.3 Å². The third-order valence-electron chi connectivity index (χ3n) is 3.64. The first kappa shape index (κ1) is 12.0. The molecule has 0 amide bonds. The van der Waals surface area contributed by atoms with Crippen molar-refractivity contribution in [2.45, 2.75) is 17.5 Å². The Hall–Kier alpha value is -1.05. The van der Waals surface area contributed by atoms with Crippen LogP contribution in [-0.4, -0.2) is 43.4 Å². The Morgan fingerprint density at radius 1 is 1.44 bits per heavy atom. The van der Waals surface area contributed by atoms with Gasteiger partial charge in [0.1, 0.15) is 0 Å². The van der Waals surface area contributed by atoms with E-state index in [-0.39, 0.29) is 6.04 Å². The summed E-state index contributed by atoms with van der Waals surface area (Å²) in [5.74, 6) is -0.450. The minimum absolute atomic E-state index is 0.201. The summed E-state index contributed by atoms with van der Waals surface area (Å²) < 4.78 is 39.4. The van der Waals surface area contributed by atoms with Crippen LogP contribution < -0.4 is 5.32 Å². The second kappa shape index (κ2) is 4.25. The van der Waals surface area contributed by atoms with Crippen LogP contribution in [0.2, 0.25) is 0 Å². The zero-order valence-corrected chi connectivity index (χ0v) is 10.5. The van der Waals surface area contributed by atoms with Gasteiger partial charge in [-0.2, -0.15) is 4.31 Å². The van der Waals surface area contributed by atoms with E-state index < -0.39 is 20.9 Å². The van der Waals surface area contributed by atoms with Gasteiger partial charge in [0, 0.05) is 25.3 Å². The molecule has 2 fully saturated rings. The molecule has 0 bridgehead atoms. The Kier molecular flexibility index (Phi) is 2.84. The van der Waals surface area contributed by atoms with Crippen LogP contribution in [0.4, 0.5) is 4.39 Å². The fourth-order valence-corrected chi connectivity index (χ4v) is 4.19. The zero-order valence-electron chi connectivity index (χ0n) is 9.71. The molecular weight excluding hydrogens is 257 g/mol. The Morgan fingerprint density at radius 3 is 3.00 bits per heavy atom. The summed E-state index contributed by atoms with van der Waals surface area (Å²) in [5.41, 5.74) is 0. The highest BCUT2D eigenvalue weighted by atomic mass is 32.2. The molecule has 0 aromatic carbocycles. The van der Waals surface area contributed by atoms with Crippen molar-refractivity contribution in [1.82, 2.24) is 14.6 Å². The number of aromatic nitrogens is 1. The number of sulfonamides is 1. The standard InChI is InChI=1S/C11H14FN3O2S/c12-9-2-1-4-14-11(9)18(16,17)15-6-8-3-5-13-10(8)7-15/h1-2,4,8,10,13H,3,5-7H2/t8-,10+/m0/s1. The molecule has 0 saturated carbocycles. The second-order valence-electron chi connectivity index (χ2n) is 4.72. The molecule has 1 aromatic heterocycles. The van der Waals surface area contributed by atoms with Crippen molar-refractivity contribution >= 4 is 10.0 Å². The lowest BCUT2D eigenvalue weighted by Crippen LogP contribution is -2.34. The molecule has 7 heteroatoms. The second-order valence-corrected chi connectivity index (χ2v) is 6.57. The first-order chi connectivity index (χ1) is 8.59. The minimum Gasteiger partial charge on any atom is -0.312 e. The van der Waals surface area contributed by atoms with Crippen LogP contribution in [0.1, 0.15) is 6.42 Å². The van der Waals surface area contributed by atoms with Crippen molar-refractivity contribution in [2.75, 3.05) is 19.6 Å². The molecule has 1 N–H and O–H groups in total. The van der Waals surface area contributed by atoms with E-state index >= 15 is 0 Å². The van der Waals surface area contributed by atoms with Gasteiger partial charge < -0.3 is 5.32 Å². The smallest absolute Gasteiger partial charge is 0.263 e. The summed E-state index contributed by atoms with van der Waals surface area (Å²) in [6.45, 7) is 1.79. The molecule has 2 aliphatic heterocycles. The lowest BCUT2D eigenvalue weighted by atomic mass is 10.1. The van der Waals surface area contributed by atoms with Gasteiger partial charge in [-0.25, -0.2) is 17.8 Å². The molecule has 0 aliphatic carbocycles. The van der Waals surface area contributed by atoms with E-state index in [1.165, 1.54) is 16.6 Å². The number of rotatable bonds is 2. The third kappa shape index (κ3) is 1.82. The SMILES string of the molecule is O=S(=O)(c1ncccc1F)N1C[C@@H]2CCN[C@@H]2C1. The van der Waals surface area contributed by atoms with Crippen LogP contribution >= 0.6 is 0 Å². The summed E-state index contributed by atoms with van der Waals surface area (Å²) in [6, 6.07) is 2.70. The van der Waals surface area contributed by atoms with Crippen LogP contribution in [-0.2, 0) is 10.0 Å². The van der Waals surface area contributed by atoms with Gasteiger partial charge in [-0.15, -0.1) is 0 Å². The normalized spacial score (nSPS) is 28.5. The van der Waals surface area contributed by atoms with Crippen molar-refractivity contribution in [3.63, 3.8) is 0 Å². The van der Waals surface area contributed by atoms with E-state index in [2.05, 4.69) is 10.3 Å². The quantitative estimate of drug-likeness (QED) is 0.835. The van der Waals surface area contributed by atoms with Gasteiger partial charge in [0.25, 0.3) is 10.0 Å². The van der Waals surface area contributed by atoms with Gasteiger partial charge in [0.05, 0.1) is 0 Å². The molecule has 2 saturated heterocycles. The number of nitrogens with zero attached hydrogens (tertiary/aromatic N) is 2. The highest BCUT2D eigenvalue weighted by Crippen LogP contribution is 2.29. The van der Waals surface area contributed by atoms with Gasteiger partial charge in [0.2, 0.25) is 5.03 Å². The van der Waals surface area contributed by atoms with Crippen LogP contribution in [0.3, 0.4) is 0 Å². The molecule has 2 aliphatic rings. The number of hydrogen-bond acceptors (Lipinski definition) is 4. The fourth-order valence-electron chi connectivity index (χ4n) is 2.69. The summed E-state index contributed by atoms with van der Waals surface area (Å²) in [5, 5.41) is 2.80. The van der Waals surface area contributed by atoms with Crippen molar-refractivity contribution in [3.8, 4) is 0 Å². The Labute approximate surface area is 105 Å². The van der Waals surface area contributed by atoms with Gasteiger partial charge in [-0.1, -0.05) is 0 Å². The average Bonchev–Trinajstić information content (AvgIpc) is 2.89. The van der Waals surface area contributed by atoms with E-state index in [9.17, 15) is 12.8 Å². The zero-order chi connectivity index (χ0) is 12.8. The van der Waals surface area contributed by atoms with E-state index in [0.717, 1.165) is 19.0 Å². The van der Waals surface area contributed by atoms with Gasteiger partial charge >= 0.3 is 0 Å². The molecule has 18 heavy (non-hydrogen) atoms. The molecule has 0 unspecified atom stereocenters. The monoisotopic (exact) mass is 271 g/mol. The molecule has 2 atom stereocenters. The maximum absolute atomic E-state index is 13.5. The maximum atomic E-state index is 13.5. The lowest BCUT2D eigenvalue weighted by Gasteiger charge is -2.16. The largest absolute Gasteiger partial charge is 0.312 e. The first-order valence-electron chi connectivity index (χ1n) is 5.93. The minimum atomic E-state index is -3.80. The molecule has 3 rings (SSSR count). The Balaban J connectivity index is 1.90. The lowest BCUT2D eigenvalue weighted by molar-refractivity contribution is 0.439. The van der Waals surface area contributed by atoms with Crippen molar-refractivity contribution in [2.24, 2.45) is 5.92 Å². The fraction of sp³-hybridized carbons (Fsp3) is 0.545. The summed E-state index contributed by atoms with van der Waals surface area (Å²) in [7, 11) is -3.80. The van der Waals surface area contributed by atoms with E-state index in [1.54, 1.807) is 0 Å². The Morgan fingerprint density at radius 2 is 2.28 bits per heavy atom. The molecular formula is C11H14FN3O2S. The van der Waals surface area contributed by atoms with Crippen molar-refractivity contribution < 1.29 is 12.8 Å². The van der Waals surface area contributed by atoms with Crippen LogP contribution in [0.5, 0.6) is 0 Å². The average molecular weight is 271 g/mol. The molecule has 0 spiro atoms. The number of pyridine rings is 1. The van der Waals surface area contributed by atoms with E-state index in [0.29, 0.717) is 19.0 Å². The summed E-state index contributed by atoms with van der Waals surface area (Å²) >= 11 is 0. The van der Waals surface area contributed by atoms with Gasteiger partial charge in [-0.05, 0) is 31.0 Å².